The minimum absolute atomic E-state index is 0.339. The number of nitrogens with zero attached hydrogens (tertiary/aromatic N) is 1. The second-order valence-corrected chi connectivity index (χ2v) is 4.38. The standard InChI is InChI=1S/C12H18N2O/c1-9-4-10(7-14-6-9)8-15-12-3-2-11(13)5-12/h4,6-7,11-12H,2-3,5,8,13H2,1H3. The van der Waals surface area contributed by atoms with Gasteiger partial charge < -0.3 is 10.5 Å². The molecule has 0 radical (unpaired) electrons. The van der Waals surface area contributed by atoms with Gasteiger partial charge in [-0.3, -0.25) is 4.98 Å². The van der Waals surface area contributed by atoms with Gasteiger partial charge in [-0.05, 0) is 37.3 Å². The molecule has 1 aliphatic carbocycles. The summed E-state index contributed by atoms with van der Waals surface area (Å²) < 4.78 is 5.79. The van der Waals surface area contributed by atoms with E-state index in [1.54, 1.807) is 0 Å². The minimum atomic E-state index is 0.339. The SMILES string of the molecule is Cc1cncc(COC2CCC(N)C2)c1. The Balaban J connectivity index is 1.83. The molecule has 1 fully saturated rings. The van der Waals surface area contributed by atoms with Crippen molar-refractivity contribution in [1.29, 1.82) is 0 Å². The van der Waals surface area contributed by atoms with Gasteiger partial charge in [0.2, 0.25) is 0 Å². The van der Waals surface area contributed by atoms with Gasteiger partial charge in [0.05, 0.1) is 12.7 Å². The molecule has 1 heterocycles. The second kappa shape index (κ2) is 4.73. The third kappa shape index (κ3) is 3.01. The summed E-state index contributed by atoms with van der Waals surface area (Å²) in [7, 11) is 0. The van der Waals surface area contributed by atoms with Crippen LogP contribution in [0.4, 0.5) is 0 Å². The molecule has 0 aromatic carbocycles. The van der Waals surface area contributed by atoms with Crippen LogP contribution in [-0.2, 0) is 11.3 Å². The third-order valence-electron chi connectivity index (χ3n) is 2.84. The average molecular weight is 206 g/mol. The summed E-state index contributed by atoms with van der Waals surface area (Å²) in [5.41, 5.74) is 8.15. The quantitative estimate of drug-likeness (QED) is 0.820. The number of hydrogen-bond donors (Lipinski definition) is 1. The van der Waals surface area contributed by atoms with Crippen molar-refractivity contribution < 1.29 is 4.74 Å². The zero-order valence-electron chi connectivity index (χ0n) is 9.15. The highest BCUT2D eigenvalue weighted by Crippen LogP contribution is 2.21. The lowest BCUT2D eigenvalue weighted by Crippen LogP contribution is -2.17. The fraction of sp³-hybridized carbons (Fsp3) is 0.583. The van der Waals surface area contributed by atoms with Crippen LogP contribution in [0.15, 0.2) is 18.5 Å². The molecule has 3 heteroatoms. The highest BCUT2D eigenvalue weighted by atomic mass is 16.5. The van der Waals surface area contributed by atoms with Crippen LogP contribution in [0, 0.1) is 6.92 Å². The van der Waals surface area contributed by atoms with E-state index in [0.29, 0.717) is 18.8 Å². The molecular weight excluding hydrogens is 188 g/mol. The van der Waals surface area contributed by atoms with Crippen molar-refractivity contribution in [2.75, 3.05) is 0 Å². The fourth-order valence-corrected chi connectivity index (χ4v) is 2.04. The van der Waals surface area contributed by atoms with Crippen molar-refractivity contribution in [1.82, 2.24) is 4.98 Å². The predicted molar refractivity (Wildman–Crippen MR) is 59.4 cm³/mol. The highest BCUT2D eigenvalue weighted by Gasteiger charge is 2.21. The average Bonchev–Trinajstić information content (AvgIpc) is 2.62. The molecule has 0 saturated heterocycles. The van der Waals surface area contributed by atoms with Crippen molar-refractivity contribution in [2.45, 2.75) is 44.9 Å². The molecule has 0 amide bonds. The molecule has 2 atom stereocenters. The Morgan fingerprint density at radius 3 is 3.00 bits per heavy atom. The number of rotatable bonds is 3. The van der Waals surface area contributed by atoms with Gasteiger partial charge >= 0.3 is 0 Å². The van der Waals surface area contributed by atoms with Crippen LogP contribution in [0.25, 0.3) is 0 Å². The summed E-state index contributed by atoms with van der Waals surface area (Å²) in [5, 5.41) is 0. The highest BCUT2D eigenvalue weighted by molar-refractivity contribution is 5.15. The number of aryl methyl sites for hydroxylation is 1. The molecule has 3 nitrogen and oxygen atoms in total. The van der Waals surface area contributed by atoms with E-state index in [1.807, 2.05) is 19.3 Å². The zero-order valence-corrected chi connectivity index (χ0v) is 9.15. The van der Waals surface area contributed by atoms with Crippen LogP contribution in [0.2, 0.25) is 0 Å². The van der Waals surface area contributed by atoms with Gasteiger partial charge in [-0.25, -0.2) is 0 Å². The maximum absolute atomic E-state index is 5.83. The number of hydrogen-bond acceptors (Lipinski definition) is 3. The van der Waals surface area contributed by atoms with E-state index in [4.69, 9.17) is 10.5 Å². The molecule has 0 spiro atoms. The molecule has 1 aromatic heterocycles. The maximum atomic E-state index is 5.83. The largest absolute Gasteiger partial charge is 0.373 e. The van der Waals surface area contributed by atoms with Gasteiger partial charge in [-0.2, -0.15) is 0 Å². The Labute approximate surface area is 90.7 Å². The van der Waals surface area contributed by atoms with Crippen LogP contribution in [0.1, 0.15) is 30.4 Å². The van der Waals surface area contributed by atoms with Crippen LogP contribution < -0.4 is 5.73 Å². The first-order valence-corrected chi connectivity index (χ1v) is 5.52. The van der Waals surface area contributed by atoms with Crippen LogP contribution >= 0.6 is 0 Å². The summed E-state index contributed by atoms with van der Waals surface area (Å²) in [6.07, 6.45) is 7.26. The number of ether oxygens (including phenoxy) is 1. The van der Waals surface area contributed by atoms with Gasteiger partial charge in [0.25, 0.3) is 0 Å². The molecule has 15 heavy (non-hydrogen) atoms. The van der Waals surface area contributed by atoms with Gasteiger partial charge in [-0.15, -0.1) is 0 Å². The Morgan fingerprint density at radius 1 is 1.47 bits per heavy atom. The summed E-state index contributed by atoms with van der Waals surface area (Å²) in [5.74, 6) is 0. The van der Waals surface area contributed by atoms with Crippen molar-refractivity contribution in [3.05, 3.63) is 29.6 Å². The van der Waals surface area contributed by atoms with E-state index in [0.717, 1.165) is 24.8 Å². The van der Waals surface area contributed by atoms with Crippen molar-refractivity contribution >= 4 is 0 Å². The monoisotopic (exact) mass is 206 g/mol. The molecule has 1 saturated carbocycles. The van der Waals surface area contributed by atoms with Gasteiger partial charge in [0.1, 0.15) is 0 Å². The predicted octanol–water partition coefficient (Wildman–Crippen LogP) is 1.79. The normalized spacial score (nSPS) is 25.7. The van der Waals surface area contributed by atoms with Crippen LogP contribution in [-0.4, -0.2) is 17.1 Å². The molecule has 82 valence electrons. The van der Waals surface area contributed by atoms with Crippen molar-refractivity contribution in [3.8, 4) is 0 Å². The smallest absolute Gasteiger partial charge is 0.0735 e. The van der Waals surface area contributed by atoms with E-state index >= 15 is 0 Å². The van der Waals surface area contributed by atoms with E-state index < -0.39 is 0 Å². The molecule has 2 unspecified atom stereocenters. The van der Waals surface area contributed by atoms with E-state index in [2.05, 4.69) is 11.1 Å². The van der Waals surface area contributed by atoms with E-state index in [1.165, 1.54) is 5.56 Å². The van der Waals surface area contributed by atoms with E-state index in [9.17, 15) is 0 Å². The Bertz CT molecular complexity index is 327. The zero-order chi connectivity index (χ0) is 10.7. The first-order valence-electron chi connectivity index (χ1n) is 5.52. The summed E-state index contributed by atoms with van der Waals surface area (Å²) in [6, 6.07) is 2.45. The van der Waals surface area contributed by atoms with Crippen molar-refractivity contribution in [3.63, 3.8) is 0 Å². The molecule has 0 bridgehead atoms. The first-order chi connectivity index (χ1) is 7.24. The van der Waals surface area contributed by atoms with Crippen LogP contribution in [0.3, 0.4) is 0 Å². The lowest BCUT2D eigenvalue weighted by Gasteiger charge is -2.11. The number of nitrogens with two attached hydrogens (primary N) is 1. The minimum Gasteiger partial charge on any atom is -0.373 e. The summed E-state index contributed by atoms with van der Waals surface area (Å²) in [6.45, 7) is 2.70. The van der Waals surface area contributed by atoms with Gasteiger partial charge in [0.15, 0.2) is 0 Å². The molecule has 1 aliphatic rings. The fourth-order valence-electron chi connectivity index (χ4n) is 2.04. The lowest BCUT2D eigenvalue weighted by molar-refractivity contribution is 0.0447. The topological polar surface area (TPSA) is 48.1 Å². The summed E-state index contributed by atoms with van der Waals surface area (Å²) >= 11 is 0. The first kappa shape index (κ1) is 10.6. The maximum Gasteiger partial charge on any atom is 0.0735 e. The third-order valence-corrected chi connectivity index (χ3v) is 2.84. The molecular formula is C12H18N2O. The number of aromatic nitrogens is 1. The number of pyridine rings is 1. The summed E-state index contributed by atoms with van der Waals surface area (Å²) in [4.78, 5) is 4.14. The van der Waals surface area contributed by atoms with Gasteiger partial charge in [0, 0.05) is 18.4 Å². The molecule has 1 aromatic rings. The lowest BCUT2D eigenvalue weighted by atomic mass is 10.2. The molecule has 2 rings (SSSR count). The van der Waals surface area contributed by atoms with Crippen LogP contribution in [0.5, 0.6) is 0 Å². The molecule has 2 N–H and O–H groups in total. The Morgan fingerprint density at radius 2 is 2.33 bits per heavy atom. The second-order valence-electron chi connectivity index (χ2n) is 4.38. The van der Waals surface area contributed by atoms with Gasteiger partial charge in [-0.1, -0.05) is 6.07 Å². The Hall–Kier alpha value is -0.930. The molecule has 0 aliphatic heterocycles. The van der Waals surface area contributed by atoms with E-state index in [-0.39, 0.29) is 0 Å². The Kier molecular flexibility index (Phi) is 3.34. The van der Waals surface area contributed by atoms with Crippen molar-refractivity contribution in [2.24, 2.45) is 5.73 Å².